The number of aromatic nitrogens is 2. The number of amides is 1. The minimum absolute atomic E-state index is 0.0302. The molecule has 0 aliphatic rings. The number of benzene rings is 3. The standard InChI is InChI=1S/C32H25N5O3S2/c1-22(31(38)35-25-15-17-26(18-16-25)42(39,40)37-30-14-8-9-19-34-30)41-32-28(21-33)27(23-10-4-2-5-11-23)20-29(36-32)24-12-6-3-7-13-24/h2-20,22H,1H3,(H,34,37)(H,35,38). The minimum atomic E-state index is -3.85. The number of hydrogen-bond donors (Lipinski definition) is 2. The fourth-order valence-electron chi connectivity index (χ4n) is 4.12. The molecule has 3 aromatic carbocycles. The van der Waals surface area contributed by atoms with Crippen LogP contribution in [0.25, 0.3) is 22.4 Å². The highest BCUT2D eigenvalue weighted by atomic mass is 32.2. The van der Waals surface area contributed by atoms with Crippen molar-refractivity contribution in [2.45, 2.75) is 22.1 Å². The Morgan fingerprint density at radius 1 is 0.881 bits per heavy atom. The van der Waals surface area contributed by atoms with Gasteiger partial charge >= 0.3 is 0 Å². The van der Waals surface area contributed by atoms with Crippen LogP contribution in [0.1, 0.15) is 12.5 Å². The molecule has 8 nitrogen and oxygen atoms in total. The first-order chi connectivity index (χ1) is 20.3. The first kappa shape index (κ1) is 28.5. The number of sulfonamides is 1. The van der Waals surface area contributed by atoms with Gasteiger partial charge in [-0.2, -0.15) is 5.26 Å². The molecule has 2 aromatic heterocycles. The average molecular weight is 592 g/mol. The topological polar surface area (TPSA) is 125 Å². The molecule has 10 heteroatoms. The Morgan fingerprint density at radius 2 is 1.52 bits per heavy atom. The van der Waals surface area contributed by atoms with Gasteiger partial charge in [0, 0.05) is 23.0 Å². The van der Waals surface area contributed by atoms with Crippen LogP contribution in [0.15, 0.2) is 125 Å². The molecular formula is C32H25N5O3S2. The number of nitrogens with one attached hydrogen (secondary N) is 2. The van der Waals surface area contributed by atoms with Crippen LogP contribution in [0.3, 0.4) is 0 Å². The lowest BCUT2D eigenvalue weighted by Gasteiger charge is -2.16. The molecule has 0 spiro atoms. The Balaban J connectivity index is 1.36. The second kappa shape index (κ2) is 12.7. The highest BCUT2D eigenvalue weighted by molar-refractivity contribution is 8.00. The van der Waals surface area contributed by atoms with Crippen LogP contribution in [0.2, 0.25) is 0 Å². The Bertz CT molecular complexity index is 1840. The Kier molecular flexibility index (Phi) is 8.62. The largest absolute Gasteiger partial charge is 0.325 e. The zero-order chi connectivity index (χ0) is 29.5. The number of carbonyl (C=O) groups excluding carboxylic acids is 1. The van der Waals surface area contributed by atoms with Crippen molar-refractivity contribution >= 4 is 39.2 Å². The molecule has 0 saturated carbocycles. The Hall–Kier alpha value is -4.98. The van der Waals surface area contributed by atoms with Gasteiger partial charge in [0.05, 0.1) is 21.4 Å². The normalized spacial score (nSPS) is 11.7. The van der Waals surface area contributed by atoms with Crippen molar-refractivity contribution < 1.29 is 13.2 Å². The summed E-state index contributed by atoms with van der Waals surface area (Å²) < 4.78 is 27.8. The van der Waals surface area contributed by atoms with E-state index < -0.39 is 15.3 Å². The van der Waals surface area contributed by atoms with Gasteiger partial charge in [0.15, 0.2) is 0 Å². The summed E-state index contributed by atoms with van der Waals surface area (Å²) in [4.78, 5) is 22.0. The van der Waals surface area contributed by atoms with Crippen LogP contribution >= 0.6 is 11.8 Å². The molecule has 2 heterocycles. The van der Waals surface area contributed by atoms with Gasteiger partial charge in [-0.1, -0.05) is 78.5 Å². The van der Waals surface area contributed by atoms with Gasteiger partial charge in [0.2, 0.25) is 5.91 Å². The number of nitrogens with zero attached hydrogens (tertiary/aromatic N) is 3. The summed E-state index contributed by atoms with van der Waals surface area (Å²) in [6, 6.07) is 34.2. The molecule has 5 aromatic rings. The van der Waals surface area contributed by atoms with E-state index >= 15 is 0 Å². The van der Waals surface area contributed by atoms with E-state index in [1.54, 1.807) is 25.1 Å². The van der Waals surface area contributed by atoms with Gasteiger partial charge in [-0.3, -0.25) is 9.52 Å². The van der Waals surface area contributed by atoms with Gasteiger partial charge in [-0.15, -0.1) is 0 Å². The number of rotatable bonds is 9. The fraction of sp³-hybridized carbons (Fsp3) is 0.0625. The van der Waals surface area contributed by atoms with Gasteiger partial charge in [0.25, 0.3) is 10.0 Å². The van der Waals surface area contributed by atoms with Crippen molar-refractivity contribution in [3.63, 3.8) is 0 Å². The predicted octanol–water partition coefficient (Wildman–Crippen LogP) is 6.60. The molecule has 2 N–H and O–H groups in total. The van der Waals surface area contributed by atoms with Crippen molar-refractivity contribution in [3.8, 4) is 28.5 Å². The maximum absolute atomic E-state index is 13.2. The summed E-state index contributed by atoms with van der Waals surface area (Å²) in [7, 11) is -3.85. The molecule has 1 atom stereocenters. The summed E-state index contributed by atoms with van der Waals surface area (Å²) in [5.74, 6) is -0.114. The van der Waals surface area contributed by atoms with Crippen LogP contribution < -0.4 is 10.0 Å². The third-order valence-electron chi connectivity index (χ3n) is 6.25. The van der Waals surface area contributed by atoms with E-state index in [0.29, 0.717) is 22.0 Å². The number of pyridine rings is 2. The number of carbonyl (C=O) groups is 1. The third-order valence-corrected chi connectivity index (χ3v) is 8.70. The molecule has 0 radical (unpaired) electrons. The average Bonchev–Trinajstić information content (AvgIpc) is 3.02. The maximum atomic E-state index is 13.2. The van der Waals surface area contributed by atoms with Crippen molar-refractivity contribution in [3.05, 3.63) is 121 Å². The second-order valence-electron chi connectivity index (χ2n) is 9.17. The lowest BCUT2D eigenvalue weighted by Crippen LogP contribution is -2.22. The van der Waals surface area contributed by atoms with Crippen LogP contribution in [-0.4, -0.2) is 29.5 Å². The van der Waals surface area contributed by atoms with E-state index in [2.05, 4.69) is 21.1 Å². The molecule has 0 aliphatic heterocycles. The molecule has 1 amide bonds. The molecule has 0 bridgehead atoms. The lowest BCUT2D eigenvalue weighted by atomic mass is 9.99. The lowest BCUT2D eigenvalue weighted by molar-refractivity contribution is -0.115. The first-order valence-electron chi connectivity index (χ1n) is 12.9. The number of hydrogen-bond acceptors (Lipinski definition) is 7. The zero-order valence-electron chi connectivity index (χ0n) is 22.4. The van der Waals surface area contributed by atoms with Crippen LogP contribution in [-0.2, 0) is 14.8 Å². The van der Waals surface area contributed by atoms with E-state index in [4.69, 9.17) is 4.98 Å². The fourth-order valence-corrected chi connectivity index (χ4v) is 6.05. The van der Waals surface area contributed by atoms with Gasteiger partial charge < -0.3 is 5.32 Å². The minimum Gasteiger partial charge on any atom is -0.325 e. The predicted molar refractivity (Wildman–Crippen MR) is 165 cm³/mol. The number of thioether (sulfide) groups is 1. The van der Waals surface area contributed by atoms with E-state index in [0.717, 1.165) is 16.7 Å². The molecule has 42 heavy (non-hydrogen) atoms. The quantitative estimate of drug-likeness (QED) is 0.185. The van der Waals surface area contributed by atoms with Gasteiger partial charge in [-0.25, -0.2) is 18.4 Å². The third kappa shape index (κ3) is 6.66. The van der Waals surface area contributed by atoms with Gasteiger partial charge in [-0.05, 0) is 55.0 Å². The zero-order valence-corrected chi connectivity index (χ0v) is 24.1. The second-order valence-corrected chi connectivity index (χ2v) is 12.2. The molecular weight excluding hydrogens is 567 g/mol. The molecule has 0 aliphatic carbocycles. The summed E-state index contributed by atoms with van der Waals surface area (Å²) in [5, 5.41) is 12.8. The summed E-state index contributed by atoms with van der Waals surface area (Å²) in [5.41, 5.74) is 4.02. The van der Waals surface area contributed by atoms with Gasteiger partial charge in [0.1, 0.15) is 16.9 Å². The van der Waals surface area contributed by atoms with E-state index in [1.165, 1.54) is 42.2 Å². The molecule has 0 saturated heterocycles. The van der Waals surface area contributed by atoms with E-state index in [9.17, 15) is 18.5 Å². The van der Waals surface area contributed by atoms with Crippen molar-refractivity contribution in [2.24, 2.45) is 0 Å². The Morgan fingerprint density at radius 3 is 2.14 bits per heavy atom. The molecule has 0 fully saturated rings. The molecule has 208 valence electrons. The van der Waals surface area contributed by atoms with Crippen molar-refractivity contribution in [1.29, 1.82) is 5.26 Å². The SMILES string of the molecule is CC(Sc1nc(-c2ccccc2)cc(-c2ccccc2)c1C#N)C(=O)Nc1ccc(S(=O)(=O)Nc2ccccn2)cc1. The Labute approximate surface area is 248 Å². The smallest absolute Gasteiger partial charge is 0.263 e. The highest BCUT2D eigenvalue weighted by Crippen LogP contribution is 2.36. The van der Waals surface area contributed by atoms with Crippen molar-refractivity contribution in [1.82, 2.24) is 9.97 Å². The van der Waals surface area contributed by atoms with Crippen LogP contribution in [0, 0.1) is 11.3 Å². The van der Waals surface area contributed by atoms with E-state index in [-0.39, 0.29) is 16.6 Å². The molecule has 5 rings (SSSR count). The first-order valence-corrected chi connectivity index (χ1v) is 15.3. The number of anilines is 2. The summed E-state index contributed by atoms with van der Waals surface area (Å²) in [6.45, 7) is 1.73. The number of nitriles is 1. The van der Waals surface area contributed by atoms with Crippen LogP contribution in [0.4, 0.5) is 11.5 Å². The van der Waals surface area contributed by atoms with E-state index in [1.807, 2.05) is 66.7 Å². The molecule has 1 unspecified atom stereocenters. The van der Waals surface area contributed by atoms with Crippen molar-refractivity contribution in [2.75, 3.05) is 10.0 Å². The maximum Gasteiger partial charge on any atom is 0.263 e. The monoisotopic (exact) mass is 591 g/mol. The highest BCUT2D eigenvalue weighted by Gasteiger charge is 2.22. The van der Waals surface area contributed by atoms with Crippen LogP contribution in [0.5, 0.6) is 0 Å². The summed E-state index contributed by atoms with van der Waals surface area (Å²) >= 11 is 1.19. The summed E-state index contributed by atoms with van der Waals surface area (Å²) in [6.07, 6.45) is 1.49.